The highest BCUT2D eigenvalue weighted by Crippen LogP contribution is 2.25. The van der Waals surface area contributed by atoms with Crippen LogP contribution >= 0.6 is 0 Å². The summed E-state index contributed by atoms with van der Waals surface area (Å²) < 4.78 is 15.1. The minimum Gasteiger partial charge on any atom is -0.462 e. The van der Waals surface area contributed by atoms with E-state index in [4.69, 9.17) is 14.2 Å². The minimum absolute atomic E-state index is 0.113. The number of carbonyl (C=O) groups is 3. The Kier molecular flexibility index (Phi) is 8.80. The zero-order valence-corrected chi connectivity index (χ0v) is 17.9. The Balaban J connectivity index is 0.000000488. The van der Waals surface area contributed by atoms with Crippen LogP contribution in [0.5, 0.6) is 0 Å². The second-order valence-corrected chi connectivity index (χ2v) is 8.89. The molecule has 0 aromatic carbocycles. The van der Waals surface area contributed by atoms with Crippen LogP contribution in [0.4, 0.5) is 0 Å². The van der Waals surface area contributed by atoms with Gasteiger partial charge in [-0.25, -0.2) is 0 Å². The first-order valence-corrected chi connectivity index (χ1v) is 9.24. The molecule has 6 nitrogen and oxygen atoms in total. The molecule has 1 aliphatic rings. The van der Waals surface area contributed by atoms with Crippen molar-refractivity contribution in [1.82, 2.24) is 0 Å². The van der Waals surface area contributed by atoms with Crippen molar-refractivity contribution in [3.63, 3.8) is 0 Å². The Morgan fingerprint density at radius 1 is 0.962 bits per heavy atom. The van der Waals surface area contributed by atoms with Gasteiger partial charge in [0, 0.05) is 0 Å². The predicted octanol–water partition coefficient (Wildman–Crippen LogP) is 4.05. The maximum atomic E-state index is 11.6. The molecule has 0 amide bonds. The van der Waals surface area contributed by atoms with Crippen molar-refractivity contribution >= 4 is 17.9 Å². The normalized spacial score (nSPS) is 17.7. The van der Waals surface area contributed by atoms with E-state index in [0.717, 1.165) is 6.42 Å². The molecule has 6 heteroatoms. The molecule has 0 radical (unpaired) electrons. The van der Waals surface area contributed by atoms with Gasteiger partial charge >= 0.3 is 17.9 Å². The second-order valence-electron chi connectivity index (χ2n) is 8.89. The molecule has 1 heterocycles. The zero-order chi connectivity index (χ0) is 20.8. The van der Waals surface area contributed by atoms with E-state index in [1.165, 1.54) is 0 Å². The minimum atomic E-state index is -0.481. The average molecular weight is 373 g/mol. The number of carbonyl (C=O) groups excluding carboxylic acids is 3. The third-order valence-corrected chi connectivity index (χ3v) is 4.37. The lowest BCUT2D eigenvalue weighted by molar-refractivity contribution is -0.165. The zero-order valence-electron chi connectivity index (χ0n) is 17.9. The van der Waals surface area contributed by atoms with E-state index in [1.54, 1.807) is 0 Å². The van der Waals surface area contributed by atoms with Crippen molar-refractivity contribution in [2.45, 2.75) is 93.3 Å². The van der Waals surface area contributed by atoms with Crippen molar-refractivity contribution in [3.05, 3.63) is 0 Å². The van der Waals surface area contributed by atoms with Crippen LogP contribution in [0.2, 0.25) is 0 Å². The van der Waals surface area contributed by atoms with Gasteiger partial charge in [0.05, 0.1) is 17.3 Å². The van der Waals surface area contributed by atoms with Gasteiger partial charge in [0.2, 0.25) is 0 Å². The van der Waals surface area contributed by atoms with E-state index >= 15 is 0 Å². The molecule has 1 aliphatic heterocycles. The predicted molar refractivity (Wildman–Crippen MR) is 99.4 cm³/mol. The number of hydrogen-bond donors (Lipinski definition) is 0. The second kappa shape index (κ2) is 9.38. The Labute approximate surface area is 157 Å². The fourth-order valence-corrected chi connectivity index (χ4v) is 1.58. The van der Waals surface area contributed by atoms with Crippen LogP contribution < -0.4 is 0 Å². The first-order valence-electron chi connectivity index (χ1n) is 9.24. The lowest BCUT2D eigenvalue weighted by Gasteiger charge is -2.27. The summed E-state index contributed by atoms with van der Waals surface area (Å²) in [6, 6.07) is 0. The summed E-state index contributed by atoms with van der Waals surface area (Å²) in [4.78, 5) is 33.8. The molecule has 1 fully saturated rings. The molecule has 1 saturated heterocycles. The van der Waals surface area contributed by atoms with Gasteiger partial charge in [0.25, 0.3) is 0 Å². The number of hydrogen-bond acceptors (Lipinski definition) is 6. The highest BCUT2D eigenvalue weighted by molar-refractivity contribution is 5.77. The van der Waals surface area contributed by atoms with Gasteiger partial charge in [-0.05, 0) is 61.3 Å². The number of esters is 3. The van der Waals surface area contributed by atoms with Crippen LogP contribution in [0.25, 0.3) is 0 Å². The van der Waals surface area contributed by atoms with Crippen LogP contribution in [0, 0.1) is 10.8 Å². The maximum Gasteiger partial charge on any atom is 0.312 e. The van der Waals surface area contributed by atoms with Crippen LogP contribution in [-0.4, -0.2) is 36.2 Å². The van der Waals surface area contributed by atoms with E-state index < -0.39 is 5.41 Å². The Morgan fingerprint density at radius 3 is 1.77 bits per heavy atom. The van der Waals surface area contributed by atoms with Gasteiger partial charge in [-0.3, -0.25) is 14.4 Å². The molecular weight excluding hydrogens is 336 g/mol. The highest BCUT2D eigenvalue weighted by atomic mass is 16.6. The van der Waals surface area contributed by atoms with Crippen molar-refractivity contribution < 1.29 is 28.6 Å². The highest BCUT2D eigenvalue weighted by Gasteiger charge is 2.33. The quantitative estimate of drug-likeness (QED) is 0.535. The molecule has 0 bridgehead atoms. The molecule has 1 atom stereocenters. The topological polar surface area (TPSA) is 78.9 Å². The summed E-state index contributed by atoms with van der Waals surface area (Å²) in [7, 11) is 0. The molecular formula is C20H36O6. The van der Waals surface area contributed by atoms with Crippen molar-refractivity contribution in [1.29, 1.82) is 0 Å². The molecule has 0 aromatic heterocycles. The van der Waals surface area contributed by atoms with E-state index in [1.807, 2.05) is 62.3 Å². The molecule has 0 spiro atoms. The Morgan fingerprint density at radius 2 is 1.42 bits per heavy atom. The van der Waals surface area contributed by atoms with Crippen LogP contribution in [0.1, 0.15) is 81.6 Å². The standard InChI is InChI=1S/C10H16O4.C10H20O2/c1-4-10(2,3)9(12)14-7-5-8(11)13-6-7;1-7-10(5,6)8(11)12-9(2,3)4/h7H,4-6H2,1-3H3;7H2,1-6H3. The summed E-state index contributed by atoms with van der Waals surface area (Å²) in [6.07, 6.45) is 1.32. The Hall–Kier alpha value is -1.59. The van der Waals surface area contributed by atoms with Crippen molar-refractivity contribution in [3.8, 4) is 0 Å². The first-order chi connectivity index (χ1) is 11.6. The average Bonchev–Trinajstić information content (AvgIpc) is 2.91. The smallest absolute Gasteiger partial charge is 0.312 e. The van der Waals surface area contributed by atoms with Crippen LogP contribution in [0.15, 0.2) is 0 Å². The van der Waals surface area contributed by atoms with Gasteiger partial charge in [0.1, 0.15) is 18.3 Å². The first kappa shape index (κ1) is 24.4. The molecule has 26 heavy (non-hydrogen) atoms. The third-order valence-electron chi connectivity index (χ3n) is 4.37. The third kappa shape index (κ3) is 8.68. The van der Waals surface area contributed by atoms with Gasteiger partial charge in [-0.15, -0.1) is 0 Å². The van der Waals surface area contributed by atoms with Gasteiger partial charge in [-0.2, -0.15) is 0 Å². The molecule has 1 rings (SSSR count). The number of ether oxygens (including phenoxy) is 3. The lowest BCUT2D eigenvalue weighted by atomic mass is 9.90. The number of rotatable bonds is 5. The largest absolute Gasteiger partial charge is 0.462 e. The van der Waals surface area contributed by atoms with Gasteiger partial charge in [0.15, 0.2) is 0 Å². The van der Waals surface area contributed by atoms with E-state index in [0.29, 0.717) is 6.42 Å². The van der Waals surface area contributed by atoms with E-state index in [2.05, 4.69) is 0 Å². The summed E-state index contributed by atoms with van der Waals surface area (Å²) in [5, 5.41) is 0. The monoisotopic (exact) mass is 372 g/mol. The summed E-state index contributed by atoms with van der Waals surface area (Å²) >= 11 is 0. The van der Waals surface area contributed by atoms with Gasteiger partial charge < -0.3 is 14.2 Å². The molecule has 152 valence electrons. The van der Waals surface area contributed by atoms with E-state index in [9.17, 15) is 14.4 Å². The summed E-state index contributed by atoms with van der Waals surface area (Å²) in [5.41, 5.74) is -1.21. The SMILES string of the molecule is CCC(C)(C)C(=O)OC(C)(C)C.CCC(C)(C)C(=O)OC1COC(=O)C1. The fourth-order valence-electron chi connectivity index (χ4n) is 1.58. The Bertz CT molecular complexity index is 499. The fraction of sp³-hybridized carbons (Fsp3) is 0.850. The van der Waals surface area contributed by atoms with E-state index in [-0.39, 0.29) is 48.1 Å². The summed E-state index contributed by atoms with van der Waals surface area (Å²) in [6.45, 7) is 17.2. The van der Waals surface area contributed by atoms with Crippen LogP contribution in [-0.2, 0) is 28.6 Å². The van der Waals surface area contributed by atoms with Crippen molar-refractivity contribution in [2.75, 3.05) is 6.61 Å². The molecule has 0 aliphatic carbocycles. The molecule has 0 N–H and O–H groups in total. The number of cyclic esters (lactones) is 1. The summed E-state index contributed by atoms with van der Waals surface area (Å²) in [5.74, 6) is -0.669. The molecule has 1 unspecified atom stereocenters. The van der Waals surface area contributed by atoms with Gasteiger partial charge in [-0.1, -0.05) is 13.8 Å². The molecule has 0 aromatic rings. The van der Waals surface area contributed by atoms with Crippen molar-refractivity contribution in [2.24, 2.45) is 10.8 Å². The molecule has 0 saturated carbocycles. The lowest BCUT2D eigenvalue weighted by Crippen LogP contribution is -2.33. The maximum absolute atomic E-state index is 11.6. The van der Waals surface area contributed by atoms with Crippen LogP contribution in [0.3, 0.4) is 0 Å².